The monoisotopic (exact) mass is 522 g/mol. The van der Waals surface area contributed by atoms with Gasteiger partial charge in [0.2, 0.25) is 0 Å². The van der Waals surface area contributed by atoms with Crippen molar-refractivity contribution in [1.29, 1.82) is 0 Å². The molecule has 1 aliphatic carbocycles. The molecular weight excluding hydrogens is 477 g/mol. The minimum Gasteiger partial charge on any atom is -0.351 e. The summed E-state index contributed by atoms with van der Waals surface area (Å²) < 4.78 is 41.3. The zero-order valence-electron chi connectivity index (χ0n) is 22.6. The Balaban J connectivity index is 1.24. The lowest BCUT2D eigenvalue weighted by atomic mass is 10.0. The summed E-state index contributed by atoms with van der Waals surface area (Å²) in [6.07, 6.45) is 17.7. The van der Waals surface area contributed by atoms with Gasteiger partial charge in [-0.25, -0.2) is 9.50 Å². The van der Waals surface area contributed by atoms with Crippen LogP contribution in [0.25, 0.3) is 5.65 Å². The van der Waals surface area contributed by atoms with E-state index in [1.807, 2.05) is 0 Å². The van der Waals surface area contributed by atoms with Crippen LogP contribution >= 0.6 is 0 Å². The van der Waals surface area contributed by atoms with E-state index in [4.69, 9.17) is 0 Å². The van der Waals surface area contributed by atoms with Crippen LogP contribution in [0.5, 0.6) is 0 Å². The molecule has 0 unspecified atom stereocenters. The Hall–Kier alpha value is -2.12. The largest absolute Gasteiger partial charge is 0.433 e. The highest BCUT2D eigenvalue weighted by Gasteiger charge is 2.37. The smallest absolute Gasteiger partial charge is 0.351 e. The fraction of sp³-hybridized carbons (Fsp3) is 0.759. The van der Waals surface area contributed by atoms with Crippen LogP contribution in [0.1, 0.15) is 150 Å². The second-order valence-electron chi connectivity index (χ2n) is 10.7. The topological polar surface area (TPSA) is 59.3 Å². The number of hydrogen-bond donors (Lipinski definition) is 1. The molecule has 2 aromatic rings. The number of amides is 1. The van der Waals surface area contributed by atoms with Gasteiger partial charge >= 0.3 is 6.18 Å². The minimum atomic E-state index is -4.56. The van der Waals surface area contributed by atoms with E-state index in [9.17, 15) is 18.0 Å². The van der Waals surface area contributed by atoms with E-state index in [0.717, 1.165) is 42.7 Å². The first kappa shape index (κ1) is 29.4. The summed E-state index contributed by atoms with van der Waals surface area (Å²) in [6.45, 7) is 2.76. The van der Waals surface area contributed by atoms with Crippen LogP contribution in [0.4, 0.5) is 13.2 Å². The van der Waals surface area contributed by atoms with E-state index >= 15 is 0 Å². The average Bonchev–Trinajstić information content (AvgIpc) is 3.63. The molecule has 0 radical (unpaired) electrons. The van der Waals surface area contributed by atoms with Gasteiger partial charge in [-0.3, -0.25) is 4.79 Å². The summed E-state index contributed by atoms with van der Waals surface area (Å²) in [5, 5.41) is 6.71. The Kier molecular flexibility index (Phi) is 12.2. The number of halogens is 3. The van der Waals surface area contributed by atoms with Crippen molar-refractivity contribution < 1.29 is 18.0 Å². The summed E-state index contributed by atoms with van der Waals surface area (Å²) >= 11 is 0. The molecule has 5 nitrogen and oxygen atoms in total. The molecule has 8 heteroatoms. The van der Waals surface area contributed by atoms with Crippen LogP contribution in [-0.4, -0.2) is 27.0 Å². The fourth-order valence-corrected chi connectivity index (χ4v) is 4.86. The number of nitrogens with zero attached hydrogens (tertiary/aromatic N) is 3. The zero-order valence-corrected chi connectivity index (χ0v) is 22.6. The number of alkyl halides is 3. The van der Waals surface area contributed by atoms with Gasteiger partial charge in [-0.15, -0.1) is 0 Å². The van der Waals surface area contributed by atoms with Crippen molar-refractivity contribution in [2.24, 2.45) is 0 Å². The molecule has 37 heavy (non-hydrogen) atoms. The third-order valence-corrected chi connectivity index (χ3v) is 7.28. The van der Waals surface area contributed by atoms with E-state index < -0.39 is 17.8 Å². The Labute approximate surface area is 220 Å². The van der Waals surface area contributed by atoms with Crippen LogP contribution in [0.15, 0.2) is 12.1 Å². The third-order valence-electron chi connectivity index (χ3n) is 7.28. The number of carbonyl (C=O) groups excluding carboxylic acids is 1. The second kappa shape index (κ2) is 15.3. The maximum Gasteiger partial charge on any atom is 0.433 e. The number of fused-ring (bicyclic) bond motifs is 1. The quantitative estimate of drug-likeness (QED) is 0.188. The molecule has 0 atom stereocenters. The summed E-state index contributed by atoms with van der Waals surface area (Å²) in [5.74, 6) is -0.374. The zero-order chi connectivity index (χ0) is 26.5. The first-order valence-electron chi connectivity index (χ1n) is 14.7. The molecule has 1 aliphatic rings. The van der Waals surface area contributed by atoms with Gasteiger partial charge in [0.05, 0.1) is 0 Å². The standard InChI is InChI=1S/C29H45F3N4O/c1-2-3-4-5-6-7-8-9-10-11-12-13-14-15-16-17-20-33-28(37)25-22-27-34-24(23-18-19-23)21-26(29(30,31)32)36(27)35-25/h21-23H,2-20H2,1H3,(H,33,37). The van der Waals surface area contributed by atoms with Crippen LogP contribution in [0.3, 0.4) is 0 Å². The predicted octanol–water partition coefficient (Wildman–Crippen LogP) is 8.62. The van der Waals surface area contributed by atoms with Gasteiger partial charge in [0.15, 0.2) is 11.3 Å². The highest BCUT2D eigenvalue weighted by Crippen LogP contribution is 2.41. The molecule has 208 valence electrons. The summed E-state index contributed by atoms with van der Waals surface area (Å²) in [5.41, 5.74) is -0.400. The molecule has 1 amide bonds. The maximum atomic E-state index is 13.5. The number of hydrogen-bond acceptors (Lipinski definition) is 3. The first-order chi connectivity index (χ1) is 17.9. The molecule has 2 aromatic heterocycles. The summed E-state index contributed by atoms with van der Waals surface area (Å²) in [7, 11) is 0. The van der Waals surface area contributed by atoms with Crippen molar-refractivity contribution in [3.05, 3.63) is 29.2 Å². The van der Waals surface area contributed by atoms with Crippen LogP contribution in [0, 0.1) is 0 Å². The molecule has 0 saturated heterocycles. The van der Waals surface area contributed by atoms with Crippen LogP contribution in [-0.2, 0) is 6.18 Å². The maximum absolute atomic E-state index is 13.5. The van der Waals surface area contributed by atoms with Crippen LogP contribution in [0.2, 0.25) is 0 Å². The highest BCUT2D eigenvalue weighted by molar-refractivity contribution is 5.93. The Morgan fingerprint density at radius 3 is 1.86 bits per heavy atom. The Morgan fingerprint density at radius 2 is 1.38 bits per heavy atom. The molecule has 1 fully saturated rings. The van der Waals surface area contributed by atoms with E-state index in [1.165, 1.54) is 89.5 Å². The summed E-state index contributed by atoms with van der Waals surface area (Å²) in [4.78, 5) is 16.8. The van der Waals surface area contributed by atoms with Crippen molar-refractivity contribution in [1.82, 2.24) is 19.9 Å². The number of carbonyl (C=O) groups is 1. The molecule has 0 aromatic carbocycles. The van der Waals surface area contributed by atoms with Gasteiger partial charge in [-0.2, -0.15) is 18.3 Å². The normalized spacial score (nSPS) is 13.9. The molecule has 3 rings (SSSR count). The van der Waals surface area contributed by atoms with Gasteiger partial charge in [0.25, 0.3) is 5.91 Å². The molecule has 0 bridgehead atoms. The number of nitrogens with one attached hydrogen (secondary N) is 1. The molecule has 2 heterocycles. The van der Waals surface area contributed by atoms with Gasteiger partial charge < -0.3 is 5.32 Å². The average molecular weight is 523 g/mol. The Morgan fingerprint density at radius 1 is 0.865 bits per heavy atom. The third kappa shape index (κ3) is 10.3. The van der Waals surface area contributed by atoms with Crippen molar-refractivity contribution in [3.63, 3.8) is 0 Å². The lowest BCUT2D eigenvalue weighted by Gasteiger charge is -2.10. The Bertz CT molecular complexity index is 953. The van der Waals surface area contributed by atoms with Gasteiger partial charge in [-0.1, -0.05) is 103 Å². The SMILES string of the molecule is CCCCCCCCCCCCCCCCCCNC(=O)c1cc2nc(C3CC3)cc(C(F)(F)F)n2n1. The molecule has 0 spiro atoms. The fourth-order valence-electron chi connectivity index (χ4n) is 4.86. The van der Waals surface area contributed by atoms with Gasteiger partial charge in [0.1, 0.15) is 5.69 Å². The molecule has 0 aliphatic heterocycles. The van der Waals surface area contributed by atoms with E-state index in [-0.39, 0.29) is 17.3 Å². The molecular formula is C29H45F3N4O. The predicted molar refractivity (Wildman–Crippen MR) is 142 cm³/mol. The van der Waals surface area contributed by atoms with E-state index in [1.54, 1.807) is 0 Å². The summed E-state index contributed by atoms with van der Waals surface area (Å²) in [6, 6.07) is 2.42. The van der Waals surface area contributed by atoms with E-state index in [0.29, 0.717) is 12.2 Å². The van der Waals surface area contributed by atoms with Crippen molar-refractivity contribution in [3.8, 4) is 0 Å². The highest BCUT2D eigenvalue weighted by atomic mass is 19.4. The second-order valence-corrected chi connectivity index (χ2v) is 10.7. The van der Waals surface area contributed by atoms with Gasteiger partial charge in [-0.05, 0) is 25.3 Å². The number of rotatable bonds is 19. The van der Waals surface area contributed by atoms with Crippen LogP contribution < -0.4 is 5.32 Å². The molecule has 1 N–H and O–H groups in total. The lowest BCUT2D eigenvalue weighted by Crippen LogP contribution is -2.25. The van der Waals surface area contributed by atoms with Crippen molar-refractivity contribution in [2.75, 3.05) is 6.54 Å². The number of unbranched alkanes of at least 4 members (excludes halogenated alkanes) is 15. The van der Waals surface area contributed by atoms with Gasteiger partial charge in [0, 0.05) is 24.2 Å². The minimum absolute atomic E-state index is 0.0255. The van der Waals surface area contributed by atoms with Crippen molar-refractivity contribution in [2.45, 2.75) is 135 Å². The van der Waals surface area contributed by atoms with E-state index in [2.05, 4.69) is 22.3 Å². The molecule has 1 saturated carbocycles. The first-order valence-corrected chi connectivity index (χ1v) is 14.7. The number of aromatic nitrogens is 3. The van der Waals surface area contributed by atoms with Crippen molar-refractivity contribution >= 4 is 11.6 Å². The lowest BCUT2D eigenvalue weighted by molar-refractivity contribution is -0.142.